The highest BCUT2D eigenvalue weighted by atomic mass is 19.4. The Kier molecular flexibility index (Phi) is 5.32. The van der Waals surface area contributed by atoms with E-state index in [4.69, 9.17) is 5.26 Å². The van der Waals surface area contributed by atoms with Gasteiger partial charge in [-0.2, -0.15) is 18.4 Å². The lowest BCUT2D eigenvalue weighted by molar-refractivity contribution is -0.137. The normalized spacial score (nSPS) is 11.3. The smallest absolute Gasteiger partial charge is 0.356 e. The topological polar surface area (TPSA) is 52.9 Å². The van der Waals surface area contributed by atoms with Crippen LogP contribution in [0.1, 0.15) is 30.0 Å². The van der Waals surface area contributed by atoms with Gasteiger partial charge >= 0.3 is 6.18 Å². The van der Waals surface area contributed by atoms with Crippen molar-refractivity contribution in [3.63, 3.8) is 0 Å². The van der Waals surface area contributed by atoms with E-state index in [-0.39, 0.29) is 11.5 Å². The van der Waals surface area contributed by atoms with Crippen LogP contribution >= 0.6 is 0 Å². The Morgan fingerprint density at radius 1 is 1.40 bits per heavy atom. The summed E-state index contributed by atoms with van der Waals surface area (Å²) in [6.07, 6.45) is -0.839. The number of benzene rings is 1. The van der Waals surface area contributed by atoms with Gasteiger partial charge in [-0.05, 0) is 30.2 Å². The van der Waals surface area contributed by atoms with Gasteiger partial charge in [-0.3, -0.25) is 4.79 Å². The quantitative estimate of drug-likeness (QED) is 0.863. The summed E-state index contributed by atoms with van der Waals surface area (Å²) in [5.74, 6) is -0.163. The Balaban J connectivity index is 2.82. The van der Waals surface area contributed by atoms with Gasteiger partial charge in [-0.15, -0.1) is 0 Å². The van der Waals surface area contributed by atoms with Crippen LogP contribution < -0.4 is 5.32 Å². The molecule has 0 saturated carbocycles. The van der Waals surface area contributed by atoms with Crippen molar-refractivity contribution >= 4 is 12.0 Å². The lowest BCUT2D eigenvalue weighted by Crippen LogP contribution is -2.20. The first-order chi connectivity index (χ1) is 9.32. The van der Waals surface area contributed by atoms with Crippen molar-refractivity contribution in [2.75, 3.05) is 6.54 Å². The predicted molar refractivity (Wildman–Crippen MR) is 68.5 cm³/mol. The first kappa shape index (κ1) is 15.8. The van der Waals surface area contributed by atoms with Crippen molar-refractivity contribution in [3.05, 3.63) is 41.0 Å². The number of hydrogen-bond donors (Lipinski definition) is 1. The summed E-state index contributed by atoms with van der Waals surface area (Å²) in [5, 5.41) is 11.3. The number of hydrogen-bond acceptors (Lipinski definition) is 2. The van der Waals surface area contributed by atoms with Gasteiger partial charge in [0, 0.05) is 13.5 Å². The third kappa shape index (κ3) is 5.14. The van der Waals surface area contributed by atoms with Crippen LogP contribution in [0.4, 0.5) is 13.2 Å². The van der Waals surface area contributed by atoms with Crippen LogP contribution in [-0.4, -0.2) is 12.5 Å². The maximum absolute atomic E-state index is 12.6. The average molecular weight is 282 g/mol. The zero-order chi connectivity index (χ0) is 15.2. The highest BCUT2D eigenvalue weighted by Crippen LogP contribution is 2.30. The molecular weight excluding hydrogens is 269 g/mol. The average Bonchev–Trinajstić information content (AvgIpc) is 2.36. The van der Waals surface area contributed by atoms with Crippen molar-refractivity contribution in [1.29, 1.82) is 5.26 Å². The number of nitrogens with one attached hydrogen (secondary N) is 1. The molecule has 0 fully saturated rings. The van der Waals surface area contributed by atoms with E-state index in [0.717, 1.165) is 12.1 Å². The van der Waals surface area contributed by atoms with Gasteiger partial charge in [-0.25, -0.2) is 0 Å². The largest absolute Gasteiger partial charge is 0.416 e. The number of halogens is 3. The minimum absolute atomic E-state index is 0.0404. The van der Waals surface area contributed by atoms with E-state index in [1.807, 2.05) is 0 Å². The van der Waals surface area contributed by atoms with E-state index in [0.29, 0.717) is 18.5 Å². The van der Waals surface area contributed by atoms with E-state index in [1.165, 1.54) is 19.1 Å². The molecule has 1 rings (SSSR count). The Morgan fingerprint density at radius 2 is 2.10 bits per heavy atom. The molecular formula is C14H13F3N2O. The molecule has 0 bridgehead atoms. The number of carbonyl (C=O) groups excluding carboxylic acids is 1. The van der Waals surface area contributed by atoms with E-state index >= 15 is 0 Å². The highest BCUT2D eigenvalue weighted by molar-refractivity contribution is 5.72. The van der Waals surface area contributed by atoms with Crippen LogP contribution in [0.25, 0.3) is 6.08 Å². The molecule has 6 heteroatoms. The molecule has 1 amide bonds. The predicted octanol–water partition coefficient (Wildman–Crippen LogP) is 3.12. The third-order valence-electron chi connectivity index (χ3n) is 2.41. The van der Waals surface area contributed by atoms with E-state index in [2.05, 4.69) is 5.32 Å². The summed E-state index contributed by atoms with van der Waals surface area (Å²) >= 11 is 0. The number of rotatable bonds is 4. The molecule has 3 nitrogen and oxygen atoms in total. The van der Waals surface area contributed by atoms with Crippen LogP contribution in [0.5, 0.6) is 0 Å². The zero-order valence-corrected chi connectivity index (χ0v) is 10.8. The molecule has 0 aliphatic heterocycles. The van der Waals surface area contributed by atoms with Crippen molar-refractivity contribution in [3.8, 4) is 6.07 Å². The molecule has 1 aromatic rings. The van der Waals surface area contributed by atoms with E-state index < -0.39 is 11.7 Å². The van der Waals surface area contributed by atoms with Crippen LogP contribution in [-0.2, 0) is 11.0 Å². The molecule has 1 aromatic carbocycles. The molecule has 0 atom stereocenters. The first-order valence-electron chi connectivity index (χ1n) is 5.86. The molecule has 0 radical (unpaired) electrons. The summed E-state index contributed by atoms with van der Waals surface area (Å²) in [7, 11) is 0. The molecule has 0 heterocycles. The van der Waals surface area contributed by atoms with Gasteiger partial charge < -0.3 is 5.32 Å². The second kappa shape index (κ2) is 6.75. The summed E-state index contributed by atoms with van der Waals surface area (Å²) in [6, 6.07) is 4.88. The van der Waals surface area contributed by atoms with E-state index in [9.17, 15) is 18.0 Å². The minimum atomic E-state index is -4.48. The Morgan fingerprint density at radius 3 is 2.65 bits per heavy atom. The van der Waals surface area contributed by atoms with Crippen molar-refractivity contribution in [2.24, 2.45) is 0 Å². The molecule has 106 valence electrons. The lowest BCUT2D eigenvalue weighted by atomic mass is 10.1. The van der Waals surface area contributed by atoms with Crippen molar-refractivity contribution in [1.82, 2.24) is 5.32 Å². The van der Waals surface area contributed by atoms with Crippen molar-refractivity contribution in [2.45, 2.75) is 19.5 Å². The van der Waals surface area contributed by atoms with Gasteiger partial charge in [0.1, 0.15) is 0 Å². The van der Waals surface area contributed by atoms with Crippen LogP contribution in [0, 0.1) is 11.3 Å². The minimum Gasteiger partial charge on any atom is -0.356 e. The molecule has 1 N–H and O–H groups in total. The van der Waals surface area contributed by atoms with Gasteiger partial charge in [-0.1, -0.05) is 12.2 Å². The zero-order valence-electron chi connectivity index (χ0n) is 10.8. The maximum atomic E-state index is 12.6. The number of carbonyl (C=O) groups is 1. The first-order valence-corrected chi connectivity index (χ1v) is 5.86. The van der Waals surface area contributed by atoms with Gasteiger partial charge in [0.25, 0.3) is 0 Å². The van der Waals surface area contributed by atoms with E-state index in [1.54, 1.807) is 12.1 Å². The fraction of sp³-hybridized carbons (Fsp3) is 0.286. The lowest BCUT2D eigenvalue weighted by Gasteiger charge is -2.08. The summed E-state index contributed by atoms with van der Waals surface area (Å²) in [4.78, 5) is 10.6. The number of nitriles is 1. The molecule has 0 aliphatic rings. The monoisotopic (exact) mass is 282 g/mol. The van der Waals surface area contributed by atoms with Gasteiger partial charge in [0.15, 0.2) is 0 Å². The summed E-state index contributed by atoms with van der Waals surface area (Å²) in [5.41, 5.74) is -0.585. The van der Waals surface area contributed by atoms with Crippen LogP contribution in [0.15, 0.2) is 24.3 Å². The van der Waals surface area contributed by atoms with Gasteiger partial charge in [0.2, 0.25) is 5.91 Å². The Hall–Kier alpha value is -2.29. The van der Waals surface area contributed by atoms with Crippen molar-refractivity contribution < 1.29 is 18.0 Å². The molecule has 20 heavy (non-hydrogen) atoms. The number of alkyl halides is 3. The highest BCUT2D eigenvalue weighted by Gasteiger charge is 2.30. The SMILES string of the molecule is CC(=O)NCCC=Cc1cc(C#N)cc(C(F)(F)F)c1. The van der Waals surface area contributed by atoms with Crippen LogP contribution in [0.2, 0.25) is 0 Å². The fourth-order valence-corrected chi connectivity index (χ4v) is 1.53. The number of amides is 1. The molecule has 0 spiro atoms. The molecule has 0 aromatic heterocycles. The maximum Gasteiger partial charge on any atom is 0.416 e. The molecule has 0 aliphatic carbocycles. The second-order valence-corrected chi connectivity index (χ2v) is 4.13. The summed E-state index contributed by atoms with van der Waals surface area (Å²) in [6.45, 7) is 1.80. The summed E-state index contributed by atoms with van der Waals surface area (Å²) < 4.78 is 37.9. The number of nitrogens with zero attached hydrogens (tertiary/aromatic N) is 1. The second-order valence-electron chi connectivity index (χ2n) is 4.13. The fourth-order valence-electron chi connectivity index (χ4n) is 1.53. The standard InChI is InChI=1S/C14H13F3N2O/c1-10(20)19-5-3-2-4-11-6-12(9-18)8-13(7-11)14(15,16)17/h2,4,6-8H,3,5H2,1H3,(H,19,20). The molecule has 0 saturated heterocycles. The van der Waals surface area contributed by atoms with Crippen LogP contribution in [0.3, 0.4) is 0 Å². The third-order valence-corrected chi connectivity index (χ3v) is 2.41. The Bertz CT molecular complexity index is 557. The van der Waals surface area contributed by atoms with Gasteiger partial charge in [0.05, 0.1) is 17.2 Å². The Labute approximate surface area is 114 Å². The molecule has 0 unspecified atom stereocenters.